The Morgan fingerprint density at radius 1 is 1.86 bits per heavy atom. The number of hydrogen-bond donors (Lipinski definition) is 3. The third-order valence-electron chi connectivity index (χ3n) is 1.71. The highest BCUT2D eigenvalue weighted by Crippen LogP contribution is 2.05. The summed E-state index contributed by atoms with van der Waals surface area (Å²) in [6.45, 7) is 2.31. The van der Waals surface area contributed by atoms with Crippen molar-refractivity contribution in [1.82, 2.24) is 15.5 Å². The molecule has 0 spiro atoms. The molecule has 0 aliphatic rings. The molecule has 1 rings (SSSR count). The van der Waals surface area contributed by atoms with E-state index in [0.29, 0.717) is 12.2 Å². The van der Waals surface area contributed by atoms with Gasteiger partial charge in [0.05, 0.1) is 12.8 Å². The van der Waals surface area contributed by atoms with E-state index in [-0.39, 0.29) is 17.8 Å². The second kappa shape index (κ2) is 4.61. The number of amides is 1. The van der Waals surface area contributed by atoms with Crippen LogP contribution in [-0.4, -0.2) is 35.9 Å². The molecule has 1 amide bonds. The highest BCUT2D eigenvalue weighted by molar-refractivity contribution is 5.98. The summed E-state index contributed by atoms with van der Waals surface area (Å²) in [6.07, 6.45) is 1.39. The molecular formula is C8H14N4O2. The Labute approximate surface area is 81.8 Å². The van der Waals surface area contributed by atoms with Crippen LogP contribution in [0.3, 0.4) is 0 Å². The van der Waals surface area contributed by atoms with Crippen molar-refractivity contribution in [3.8, 4) is 0 Å². The van der Waals surface area contributed by atoms with Crippen molar-refractivity contribution in [2.45, 2.75) is 13.0 Å². The molecule has 1 aromatic heterocycles. The number of methoxy groups -OCH3 is 1. The van der Waals surface area contributed by atoms with Gasteiger partial charge in [-0.3, -0.25) is 9.89 Å². The van der Waals surface area contributed by atoms with E-state index in [1.54, 1.807) is 7.11 Å². The maximum absolute atomic E-state index is 11.5. The predicted octanol–water partition coefficient (Wildman–Crippen LogP) is -0.243. The first-order valence-electron chi connectivity index (χ1n) is 4.23. The molecule has 4 N–H and O–H groups in total. The van der Waals surface area contributed by atoms with Crippen molar-refractivity contribution in [3.63, 3.8) is 0 Å². The predicted molar refractivity (Wildman–Crippen MR) is 51.8 cm³/mol. The molecule has 6 heteroatoms. The third kappa shape index (κ3) is 2.46. The van der Waals surface area contributed by atoms with Crippen molar-refractivity contribution in [2.75, 3.05) is 19.5 Å². The van der Waals surface area contributed by atoms with Crippen LogP contribution in [0, 0.1) is 0 Å². The molecule has 78 valence electrons. The lowest BCUT2D eigenvalue weighted by atomic mass is 10.2. The second-order valence-corrected chi connectivity index (χ2v) is 3.03. The Morgan fingerprint density at radius 3 is 3.07 bits per heavy atom. The lowest BCUT2D eigenvalue weighted by Crippen LogP contribution is -2.35. The number of nitrogens with zero attached hydrogens (tertiary/aromatic N) is 1. The van der Waals surface area contributed by atoms with Crippen molar-refractivity contribution in [1.29, 1.82) is 0 Å². The average molecular weight is 198 g/mol. The van der Waals surface area contributed by atoms with E-state index in [2.05, 4.69) is 15.5 Å². The molecule has 1 atom stereocenters. The molecule has 1 aromatic rings. The van der Waals surface area contributed by atoms with Gasteiger partial charge in [-0.2, -0.15) is 5.10 Å². The van der Waals surface area contributed by atoms with E-state index in [1.807, 2.05) is 6.92 Å². The second-order valence-electron chi connectivity index (χ2n) is 3.03. The van der Waals surface area contributed by atoms with Crippen LogP contribution < -0.4 is 11.1 Å². The Hall–Kier alpha value is -1.56. The van der Waals surface area contributed by atoms with Gasteiger partial charge >= 0.3 is 0 Å². The number of nitrogen functional groups attached to an aromatic ring is 1. The van der Waals surface area contributed by atoms with E-state index in [1.165, 1.54) is 6.20 Å². The first kappa shape index (κ1) is 10.5. The van der Waals surface area contributed by atoms with Crippen LogP contribution >= 0.6 is 0 Å². The largest absolute Gasteiger partial charge is 0.383 e. The summed E-state index contributed by atoms with van der Waals surface area (Å²) in [4.78, 5) is 11.5. The fourth-order valence-corrected chi connectivity index (χ4v) is 1.07. The van der Waals surface area contributed by atoms with E-state index < -0.39 is 0 Å². The topological polar surface area (TPSA) is 93.0 Å². The van der Waals surface area contributed by atoms with Crippen LogP contribution in [0.15, 0.2) is 6.20 Å². The van der Waals surface area contributed by atoms with Crippen LogP contribution in [0.5, 0.6) is 0 Å². The number of nitrogens with two attached hydrogens (primary N) is 1. The number of aromatic amines is 1. The van der Waals surface area contributed by atoms with Gasteiger partial charge in [0.15, 0.2) is 0 Å². The minimum Gasteiger partial charge on any atom is -0.383 e. The van der Waals surface area contributed by atoms with Gasteiger partial charge in [-0.05, 0) is 6.92 Å². The van der Waals surface area contributed by atoms with Crippen LogP contribution in [0.2, 0.25) is 0 Å². The van der Waals surface area contributed by atoms with Crippen LogP contribution in [-0.2, 0) is 4.74 Å². The van der Waals surface area contributed by atoms with Crippen LogP contribution in [0.1, 0.15) is 17.3 Å². The van der Waals surface area contributed by atoms with Crippen molar-refractivity contribution >= 4 is 11.7 Å². The molecule has 0 aliphatic carbocycles. The summed E-state index contributed by atoms with van der Waals surface area (Å²) in [6, 6.07) is -0.0539. The smallest absolute Gasteiger partial charge is 0.256 e. The molecule has 0 bridgehead atoms. The maximum atomic E-state index is 11.5. The van der Waals surface area contributed by atoms with Crippen LogP contribution in [0.4, 0.5) is 5.82 Å². The fraction of sp³-hybridized carbons (Fsp3) is 0.500. The number of anilines is 1. The summed E-state index contributed by atoms with van der Waals surface area (Å²) < 4.78 is 4.88. The number of nitrogens with one attached hydrogen (secondary N) is 2. The highest BCUT2D eigenvalue weighted by Gasteiger charge is 2.13. The number of hydrogen-bond acceptors (Lipinski definition) is 4. The molecule has 14 heavy (non-hydrogen) atoms. The van der Waals surface area contributed by atoms with Gasteiger partial charge in [-0.15, -0.1) is 0 Å². The molecule has 1 heterocycles. The zero-order valence-corrected chi connectivity index (χ0v) is 8.20. The van der Waals surface area contributed by atoms with E-state index in [0.717, 1.165) is 0 Å². The van der Waals surface area contributed by atoms with Gasteiger partial charge in [0.1, 0.15) is 11.4 Å². The minimum atomic E-state index is -0.249. The minimum absolute atomic E-state index is 0.0539. The molecule has 0 saturated carbocycles. The van der Waals surface area contributed by atoms with Gasteiger partial charge < -0.3 is 15.8 Å². The molecular weight excluding hydrogens is 184 g/mol. The first-order chi connectivity index (χ1) is 6.65. The third-order valence-corrected chi connectivity index (χ3v) is 1.71. The Bertz CT molecular complexity index is 310. The Balaban J connectivity index is 2.55. The Kier molecular flexibility index (Phi) is 3.47. The zero-order chi connectivity index (χ0) is 10.6. The quantitative estimate of drug-likeness (QED) is 0.622. The number of ether oxygens (including phenoxy) is 1. The standard InChI is InChI=1S/C8H14N4O2/c1-5(4-14-2)11-8(13)6-3-10-12-7(6)9/h3,5H,4H2,1-2H3,(H,11,13)(H3,9,10,12). The summed E-state index contributed by atoms with van der Waals surface area (Å²) >= 11 is 0. The van der Waals surface area contributed by atoms with Gasteiger partial charge in [0.2, 0.25) is 0 Å². The lowest BCUT2D eigenvalue weighted by molar-refractivity contribution is 0.0906. The van der Waals surface area contributed by atoms with Crippen molar-refractivity contribution in [3.05, 3.63) is 11.8 Å². The maximum Gasteiger partial charge on any atom is 0.256 e. The number of rotatable bonds is 4. The Morgan fingerprint density at radius 2 is 2.57 bits per heavy atom. The average Bonchev–Trinajstić information content (AvgIpc) is 2.51. The van der Waals surface area contributed by atoms with Crippen molar-refractivity contribution in [2.24, 2.45) is 0 Å². The van der Waals surface area contributed by atoms with E-state index >= 15 is 0 Å². The molecule has 0 aromatic carbocycles. The summed E-state index contributed by atoms with van der Waals surface area (Å²) in [5.74, 6) is 0.0212. The number of carbonyl (C=O) groups excluding carboxylic acids is 1. The van der Waals surface area contributed by atoms with E-state index in [9.17, 15) is 4.79 Å². The highest BCUT2D eigenvalue weighted by atomic mass is 16.5. The summed E-state index contributed by atoms with van der Waals surface area (Å²) in [5, 5.41) is 8.86. The first-order valence-corrected chi connectivity index (χ1v) is 4.23. The van der Waals surface area contributed by atoms with Gasteiger partial charge in [-0.25, -0.2) is 0 Å². The fourth-order valence-electron chi connectivity index (χ4n) is 1.07. The lowest BCUT2D eigenvalue weighted by Gasteiger charge is -2.11. The molecule has 0 fully saturated rings. The SMILES string of the molecule is COCC(C)NC(=O)c1cn[nH]c1N. The summed E-state index contributed by atoms with van der Waals surface area (Å²) in [7, 11) is 1.58. The molecule has 0 aliphatic heterocycles. The van der Waals surface area contributed by atoms with Crippen LogP contribution in [0.25, 0.3) is 0 Å². The van der Waals surface area contributed by atoms with E-state index in [4.69, 9.17) is 10.5 Å². The van der Waals surface area contributed by atoms with Crippen molar-refractivity contribution < 1.29 is 9.53 Å². The number of aromatic nitrogens is 2. The molecule has 6 nitrogen and oxygen atoms in total. The molecule has 1 unspecified atom stereocenters. The molecule has 0 saturated heterocycles. The van der Waals surface area contributed by atoms with Gasteiger partial charge in [0, 0.05) is 13.2 Å². The normalized spacial score (nSPS) is 12.4. The van der Waals surface area contributed by atoms with Gasteiger partial charge in [0.25, 0.3) is 5.91 Å². The molecule has 0 radical (unpaired) electrons. The zero-order valence-electron chi connectivity index (χ0n) is 8.20. The monoisotopic (exact) mass is 198 g/mol. The number of H-pyrrole nitrogens is 1. The number of carbonyl (C=O) groups is 1. The summed E-state index contributed by atoms with van der Waals surface area (Å²) in [5.41, 5.74) is 5.84. The van der Waals surface area contributed by atoms with Gasteiger partial charge in [-0.1, -0.05) is 0 Å².